The molecule has 0 fully saturated rings. The average Bonchev–Trinajstić information content (AvgIpc) is 2.14. The van der Waals surface area contributed by atoms with E-state index in [4.69, 9.17) is 15.6 Å². The summed E-state index contributed by atoms with van der Waals surface area (Å²) in [5.74, 6) is -1.34. The number of carbonyl (C=O) groups excluding carboxylic acids is 1. The Hall–Kier alpha value is -2.24. The van der Waals surface area contributed by atoms with E-state index in [0.717, 1.165) is 0 Å². The first-order chi connectivity index (χ1) is 7.45. The minimum atomic E-state index is -1.18. The van der Waals surface area contributed by atoms with E-state index in [-0.39, 0.29) is 22.9 Å². The number of carboxylic acids is 1. The molecule has 1 rings (SSSR count). The van der Waals surface area contributed by atoms with Crippen LogP contribution in [0.2, 0.25) is 0 Å². The van der Waals surface area contributed by atoms with Gasteiger partial charge < -0.3 is 20.9 Å². The lowest BCUT2D eigenvalue weighted by atomic mass is 10.1. The number of nitrogens with two attached hydrogens (primary N) is 1. The summed E-state index contributed by atoms with van der Waals surface area (Å²) >= 11 is 0. The molecule has 6 heteroatoms. The van der Waals surface area contributed by atoms with Crippen LogP contribution < -0.4 is 15.8 Å². The van der Waals surface area contributed by atoms with Gasteiger partial charge in [0.05, 0.1) is 12.8 Å². The first-order valence-electron chi connectivity index (χ1n) is 4.44. The van der Waals surface area contributed by atoms with Crippen LogP contribution in [0.3, 0.4) is 0 Å². The van der Waals surface area contributed by atoms with Crippen molar-refractivity contribution in [3.63, 3.8) is 0 Å². The maximum absolute atomic E-state index is 10.9. The van der Waals surface area contributed by atoms with Gasteiger partial charge in [-0.2, -0.15) is 0 Å². The second kappa shape index (κ2) is 4.52. The largest absolute Gasteiger partial charge is 0.496 e. The molecule has 4 N–H and O–H groups in total. The molecule has 0 radical (unpaired) electrons. The molecule has 1 aromatic rings. The van der Waals surface area contributed by atoms with Gasteiger partial charge in [0, 0.05) is 18.7 Å². The topological polar surface area (TPSA) is 102 Å². The van der Waals surface area contributed by atoms with Gasteiger partial charge in [0.25, 0.3) is 0 Å². The van der Waals surface area contributed by atoms with E-state index in [9.17, 15) is 9.59 Å². The molecule has 0 saturated heterocycles. The van der Waals surface area contributed by atoms with Gasteiger partial charge in [0.1, 0.15) is 11.3 Å². The fraction of sp³-hybridized carbons (Fsp3) is 0.200. The van der Waals surface area contributed by atoms with E-state index in [0.29, 0.717) is 5.69 Å². The molecular formula is C10H12N2O4. The van der Waals surface area contributed by atoms with Crippen LogP contribution in [0.25, 0.3) is 0 Å². The van der Waals surface area contributed by atoms with Crippen LogP contribution in [0.15, 0.2) is 12.1 Å². The lowest BCUT2D eigenvalue weighted by molar-refractivity contribution is -0.114. The number of benzene rings is 1. The van der Waals surface area contributed by atoms with Crippen LogP contribution in [0, 0.1) is 0 Å². The Morgan fingerprint density at radius 3 is 2.50 bits per heavy atom. The van der Waals surface area contributed by atoms with E-state index in [2.05, 4.69) is 5.32 Å². The minimum Gasteiger partial charge on any atom is -0.496 e. The number of nitrogens with one attached hydrogen (secondary N) is 1. The van der Waals surface area contributed by atoms with Crippen LogP contribution in [-0.4, -0.2) is 24.1 Å². The smallest absolute Gasteiger partial charge is 0.341 e. The summed E-state index contributed by atoms with van der Waals surface area (Å²) in [4.78, 5) is 21.7. The Balaban J connectivity index is 3.26. The van der Waals surface area contributed by atoms with Gasteiger partial charge >= 0.3 is 5.97 Å². The maximum Gasteiger partial charge on any atom is 0.341 e. The molecule has 16 heavy (non-hydrogen) atoms. The average molecular weight is 224 g/mol. The number of carbonyl (C=O) groups is 2. The maximum atomic E-state index is 10.9. The molecule has 0 aliphatic rings. The summed E-state index contributed by atoms with van der Waals surface area (Å²) in [6.07, 6.45) is 0. The van der Waals surface area contributed by atoms with Crippen molar-refractivity contribution in [3.05, 3.63) is 17.7 Å². The van der Waals surface area contributed by atoms with Crippen molar-refractivity contribution in [3.8, 4) is 5.75 Å². The van der Waals surface area contributed by atoms with Crippen LogP contribution in [0.5, 0.6) is 5.75 Å². The summed E-state index contributed by atoms with van der Waals surface area (Å²) < 4.78 is 4.90. The molecule has 1 aromatic carbocycles. The standard InChI is InChI=1S/C10H12N2O4/c1-5(13)12-6-3-7(11)9(10(14)15)8(4-6)16-2/h3-4H,11H2,1-2H3,(H,12,13)(H,14,15). The molecule has 0 heterocycles. The van der Waals surface area contributed by atoms with E-state index in [1.165, 1.54) is 26.2 Å². The molecule has 0 unspecified atom stereocenters. The third kappa shape index (κ3) is 2.41. The highest BCUT2D eigenvalue weighted by molar-refractivity contribution is 5.99. The molecule has 0 aliphatic carbocycles. The van der Waals surface area contributed by atoms with Crippen molar-refractivity contribution in [2.75, 3.05) is 18.2 Å². The normalized spacial score (nSPS) is 9.62. The molecule has 0 atom stereocenters. The van der Waals surface area contributed by atoms with Gasteiger partial charge in [0.15, 0.2) is 0 Å². The van der Waals surface area contributed by atoms with Crippen LogP contribution in [0.4, 0.5) is 11.4 Å². The fourth-order valence-electron chi connectivity index (χ4n) is 1.30. The quantitative estimate of drug-likeness (QED) is 0.663. The first kappa shape index (κ1) is 11.8. The number of aromatic carboxylic acids is 1. The Morgan fingerprint density at radius 1 is 1.44 bits per heavy atom. The summed E-state index contributed by atoms with van der Waals surface area (Å²) in [5.41, 5.74) is 5.88. The van der Waals surface area contributed by atoms with Crippen molar-refractivity contribution in [1.82, 2.24) is 0 Å². The van der Waals surface area contributed by atoms with Gasteiger partial charge in [-0.25, -0.2) is 4.79 Å². The number of anilines is 2. The number of amides is 1. The van der Waals surface area contributed by atoms with Crippen molar-refractivity contribution >= 4 is 23.3 Å². The van der Waals surface area contributed by atoms with Crippen molar-refractivity contribution in [2.45, 2.75) is 6.92 Å². The van der Waals surface area contributed by atoms with Crippen LogP contribution in [0.1, 0.15) is 17.3 Å². The third-order valence-corrected chi connectivity index (χ3v) is 1.89. The van der Waals surface area contributed by atoms with Gasteiger partial charge in [-0.1, -0.05) is 0 Å². The second-order valence-corrected chi connectivity index (χ2v) is 3.13. The Kier molecular flexibility index (Phi) is 3.34. The zero-order chi connectivity index (χ0) is 12.3. The molecule has 86 valence electrons. The van der Waals surface area contributed by atoms with Gasteiger partial charge in [-0.15, -0.1) is 0 Å². The number of rotatable bonds is 3. The molecule has 0 bridgehead atoms. The molecular weight excluding hydrogens is 212 g/mol. The predicted octanol–water partition coefficient (Wildman–Crippen LogP) is 0.934. The molecule has 0 aliphatic heterocycles. The van der Waals surface area contributed by atoms with E-state index in [1.807, 2.05) is 0 Å². The number of ether oxygens (including phenoxy) is 1. The number of hydrogen-bond donors (Lipinski definition) is 3. The van der Waals surface area contributed by atoms with Crippen molar-refractivity contribution < 1.29 is 19.4 Å². The molecule has 0 saturated carbocycles. The second-order valence-electron chi connectivity index (χ2n) is 3.13. The van der Waals surface area contributed by atoms with Crippen LogP contribution in [-0.2, 0) is 4.79 Å². The number of methoxy groups -OCH3 is 1. The monoisotopic (exact) mass is 224 g/mol. The summed E-state index contributed by atoms with van der Waals surface area (Å²) in [6.45, 7) is 1.34. The van der Waals surface area contributed by atoms with Gasteiger partial charge in [0.2, 0.25) is 5.91 Å². The van der Waals surface area contributed by atoms with Crippen molar-refractivity contribution in [2.24, 2.45) is 0 Å². The molecule has 0 aromatic heterocycles. The molecule has 6 nitrogen and oxygen atoms in total. The van der Waals surface area contributed by atoms with Crippen LogP contribution >= 0.6 is 0 Å². The molecule has 1 amide bonds. The Labute approximate surface area is 92.0 Å². The lowest BCUT2D eigenvalue weighted by Gasteiger charge is -2.10. The summed E-state index contributed by atoms with van der Waals surface area (Å²) in [5, 5.41) is 11.4. The van der Waals surface area contributed by atoms with E-state index < -0.39 is 5.97 Å². The summed E-state index contributed by atoms with van der Waals surface area (Å²) in [7, 11) is 1.33. The van der Waals surface area contributed by atoms with Gasteiger partial charge in [-0.3, -0.25) is 4.79 Å². The fourth-order valence-corrected chi connectivity index (χ4v) is 1.30. The Bertz CT molecular complexity index is 443. The highest BCUT2D eigenvalue weighted by atomic mass is 16.5. The van der Waals surface area contributed by atoms with E-state index >= 15 is 0 Å². The first-order valence-corrected chi connectivity index (χ1v) is 4.44. The lowest BCUT2D eigenvalue weighted by Crippen LogP contribution is -2.10. The molecule has 0 spiro atoms. The van der Waals surface area contributed by atoms with E-state index in [1.54, 1.807) is 0 Å². The highest BCUT2D eigenvalue weighted by Gasteiger charge is 2.16. The zero-order valence-corrected chi connectivity index (χ0v) is 8.90. The number of carboxylic acid groups (broad SMARTS) is 1. The Morgan fingerprint density at radius 2 is 2.06 bits per heavy atom. The van der Waals surface area contributed by atoms with Crippen molar-refractivity contribution in [1.29, 1.82) is 0 Å². The zero-order valence-electron chi connectivity index (χ0n) is 8.90. The van der Waals surface area contributed by atoms with Gasteiger partial charge in [-0.05, 0) is 6.07 Å². The number of hydrogen-bond acceptors (Lipinski definition) is 4. The predicted molar refractivity (Wildman–Crippen MR) is 58.7 cm³/mol. The number of nitrogen functional groups attached to an aromatic ring is 1. The summed E-state index contributed by atoms with van der Waals surface area (Å²) in [6, 6.07) is 2.77. The third-order valence-electron chi connectivity index (χ3n) is 1.89. The minimum absolute atomic E-state index is 0.0376. The highest BCUT2D eigenvalue weighted by Crippen LogP contribution is 2.29. The SMILES string of the molecule is COc1cc(NC(C)=O)cc(N)c1C(=O)O.